The summed E-state index contributed by atoms with van der Waals surface area (Å²) in [5.74, 6) is -0.914. The highest BCUT2D eigenvalue weighted by molar-refractivity contribution is 5.91. The van der Waals surface area contributed by atoms with Crippen LogP contribution in [0.15, 0.2) is 0 Å². The molecule has 0 saturated heterocycles. The Bertz CT molecular complexity index is 340. The van der Waals surface area contributed by atoms with Crippen LogP contribution < -0.4 is 16.0 Å². The average molecular weight is 271 g/mol. The second-order valence-corrected chi connectivity index (χ2v) is 5.32. The monoisotopic (exact) mass is 271 g/mol. The van der Waals surface area contributed by atoms with E-state index in [4.69, 9.17) is 0 Å². The maximum Gasteiger partial charge on any atom is 0.243 e. The van der Waals surface area contributed by atoms with Crippen molar-refractivity contribution in [3.63, 3.8) is 0 Å². The third kappa shape index (κ3) is 6.79. The summed E-state index contributed by atoms with van der Waals surface area (Å²) in [4.78, 5) is 34.8. The summed E-state index contributed by atoms with van der Waals surface area (Å²) in [6, 6.07) is -1.25. The quantitative estimate of drug-likeness (QED) is 0.644. The molecule has 0 spiro atoms. The zero-order valence-electron chi connectivity index (χ0n) is 12.5. The fourth-order valence-corrected chi connectivity index (χ4v) is 1.53. The van der Waals surface area contributed by atoms with Crippen LogP contribution in [0.25, 0.3) is 0 Å². The molecule has 0 saturated carbocycles. The Balaban J connectivity index is 4.55. The molecule has 0 aliphatic heterocycles. The molecule has 110 valence electrons. The minimum Gasteiger partial charge on any atom is -0.352 e. The first kappa shape index (κ1) is 17.4. The van der Waals surface area contributed by atoms with Gasteiger partial charge in [-0.05, 0) is 26.7 Å². The molecule has 0 bridgehead atoms. The largest absolute Gasteiger partial charge is 0.352 e. The maximum atomic E-state index is 12.0. The molecule has 0 aliphatic rings. The highest BCUT2D eigenvalue weighted by atomic mass is 16.2. The van der Waals surface area contributed by atoms with Crippen molar-refractivity contribution in [3.05, 3.63) is 0 Å². The van der Waals surface area contributed by atoms with Gasteiger partial charge in [-0.15, -0.1) is 0 Å². The summed E-state index contributed by atoms with van der Waals surface area (Å²) in [5.41, 5.74) is 0. The van der Waals surface area contributed by atoms with E-state index >= 15 is 0 Å². The molecule has 0 fully saturated rings. The van der Waals surface area contributed by atoms with Crippen LogP contribution in [0, 0.1) is 5.92 Å². The molecule has 0 rings (SSSR count). The molecule has 3 amide bonds. The van der Waals surface area contributed by atoms with Gasteiger partial charge in [0.1, 0.15) is 12.1 Å². The normalized spacial score (nSPS) is 13.9. The Hall–Kier alpha value is -1.59. The average Bonchev–Trinajstić information content (AvgIpc) is 2.23. The van der Waals surface area contributed by atoms with Crippen LogP contribution in [0.4, 0.5) is 0 Å². The van der Waals surface area contributed by atoms with Gasteiger partial charge in [-0.1, -0.05) is 13.8 Å². The van der Waals surface area contributed by atoms with Crippen molar-refractivity contribution in [1.82, 2.24) is 16.0 Å². The fourth-order valence-electron chi connectivity index (χ4n) is 1.53. The standard InChI is InChI=1S/C13H25N3O3/c1-7(2)11(16-10(6)17)13(19)15-9(5)12(18)14-8(3)4/h7-9,11H,1-6H3,(H,14,18)(H,15,19)(H,16,17). The minimum absolute atomic E-state index is 0.0168. The van der Waals surface area contributed by atoms with Crippen LogP contribution in [-0.2, 0) is 14.4 Å². The smallest absolute Gasteiger partial charge is 0.243 e. The van der Waals surface area contributed by atoms with Crippen molar-refractivity contribution in [2.75, 3.05) is 0 Å². The SMILES string of the molecule is CC(=O)NC(C(=O)NC(C)C(=O)NC(C)C)C(C)C. The van der Waals surface area contributed by atoms with Crippen LogP contribution in [-0.4, -0.2) is 35.8 Å². The molecular weight excluding hydrogens is 246 g/mol. The number of hydrogen-bond donors (Lipinski definition) is 3. The lowest BCUT2D eigenvalue weighted by Gasteiger charge is -2.23. The van der Waals surface area contributed by atoms with E-state index < -0.39 is 12.1 Å². The van der Waals surface area contributed by atoms with Crippen LogP contribution in [0.5, 0.6) is 0 Å². The maximum absolute atomic E-state index is 12.0. The second-order valence-electron chi connectivity index (χ2n) is 5.32. The van der Waals surface area contributed by atoms with E-state index in [0.29, 0.717) is 0 Å². The minimum atomic E-state index is -0.634. The Morgan fingerprint density at radius 1 is 0.789 bits per heavy atom. The molecule has 0 heterocycles. The Morgan fingerprint density at radius 3 is 1.68 bits per heavy atom. The molecule has 0 aliphatic carbocycles. The first-order valence-corrected chi connectivity index (χ1v) is 6.53. The lowest BCUT2D eigenvalue weighted by Crippen LogP contribution is -2.54. The van der Waals surface area contributed by atoms with Crippen molar-refractivity contribution in [3.8, 4) is 0 Å². The van der Waals surface area contributed by atoms with Gasteiger partial charge in [0.05, 0.1) is 0 Å². The van der Waals surface area contributed by atoms with Crippen LogP contribution in [0.1, 0.15) is 41.5 Å². The van der Waals surface area contributed by atoms with Gasteiger partial charge in [-0.2, -0.15) is 0 Å². The molecule has 2 unspecified atom stereocenters. The molecule has 0 aromatic carbocycles. The summed E-state index contributed by atoms with van der Waals surface area (Å²) in [5, 5.41) is 7.90. The molecule has 6 nitrogen and oxygen atoms in total. The number of amides is 3. The molecule has 2 atom stereocenters. The van der Waals surface area contributed by atoms with Crippen molar-refractivity contribution < 1.29 is 14.4 Å². The van der Waals surface area contributed by atoms with Crippen LogP contribution in [0.3, 0.4) is 0 Å². The number of rotatable bonds is 6. The first-order chi connectivity index (χ1) is 8.65. The van der Waals surface area contributed by atoms with E-state index in [2.05, 4.69) is 16.0 Å². The summed E-state index contributed by atoms with van der Waals surface area (Å²) in [6.45, 7) is 10.3. The molecule has 0 aromatic heterocycles. The fraction of sp³-hybridized carbons (Fsp3) is 0.769. The number of carbonyl (C=O) groups excluding carboxylic acids is 3. The lowest BCUT2D eigenvalue weighted by atomic mass is 10.0. The predicted molar refractivity (Wildman–Crippen MR) is 73.3 cm³/mol. The van der Waals surface area contributed by atoms with Gasteiger partial charge in [0.2, 0.25) is 17.7 Å². The van der Waals surface area contributed by atoms with Crippen LogP contribution in [0.2, 0.25) is 0 Å². The van der Waals surface area contributed by atoms with Crippen LogP contribution >= 0.6 is 0 Å². The summed E-state index contributed by atoms with van der Waals surface area (Å²) < 4.78 is 0. The molecule has 0 radical (unpaired) electrons. The molecular formula is C13H25N3O3. The van der Waals surface area contributed by atoms with Gasteiger partial charge in [-0.25, -0.2) is 0 Å². The van der Waals surface area contributed by atoms with E-state index in [1.165, 1.54) is 6.92 Å². The highest BCUT2D eigenvalue weighted by Crippen LogP contribution is 2.02. The summed E-state index contributed by atoms with van der Waals surface area (Å²) >= 11 is 0. The molecule has 19 heavy (non-hydrogen) atoms. The Labute approximate surface area is 114 Å². The van der Waals surface area contributed by atoms with E-state index in [-0.39, 0.29) is 29.7 Å². The zero-order valence-corrected chi connectivity index (χ0v) is 12.5. The third-order valence-corrected chi connectivity index (χ3v) is 2.49. The summed E-state index contributed by atoms with van der Waals surface area (Å²) in [6.07, 6.45) is 0. The number of carbonyl (C=O) groups is 3. The summed E-state index contributed by atoms with van der Waals surface area (Å²) in [7, 11) is 0. The van der Waals surface area contributed by atoms with Gasteiger partial charge < -0.3 is 16.0 Å². The highest BCUT2D eigenvalue weighted by Gasteiger charge is 2.26. The van der Waals surface area contributed by atoms with Crippen molar-refractivity contribution in [1.29, 1.82) is 0 Å². The van der Waals surface area contributed by atoms with Gasteiger partial charge >= 0.3 is 0 Å². The van der Waals surface area contributed by atoms with Gasteiger partial charge in [-0.3, -0.25) is 14.4 Å². The van der Waals surface area contributed by atoms with Crippen molar-refractivity contribution >= 4 is 17.7 Å². The van der Waals surface area contributed by atoms with E-state index in [1.807, 2.05) is 27.7 Å². The van der Waals surface area contributed by atoms with Crippen molar-refractivity contribution in [2.45, 2.75) is 59.7 Å². The molecule has 0 aromatic rings. The Kier molecular flexibility index (Phi) is 7.11. The van der Waals surface area contributed by atoms with E-state index in [9.17, 15) is 14.4 Å². The van der Waals surface area contributed by atoms with Gasteiger partial charge in [0.25, 0.3) is 0 Å². The topological polar surface area (TPSA) is 87.3 Å². The van der Waals surface area contributed by atoms with Gasteiger partial charge in [0.15, 0.2) is 0 Å². The number of nitrogens with one attached hydrogen (secondary N) is 3. The van der Waals surface area contributed by atoms with Crippen molar-refractivity contribution in [2.24, 2.45) is 5.92 Å². The predicted octanol–water partition coefficient (Wildman–Crippen LogP) is 0.176. The zero-order chi connectivity index (χ0) is 15.2. The second kappa shape index (κ2) is 7.76. The van der Waals surface area contributed by atoms with E-state index in [1.54, 1.807) is 6.92 Å². The molecule has 6 heteroatoms. The first-order valence-electron chi connectivity index (χ1n) is 6.53. The third-order valence-electron chi connectivity index (χ3n) is 2.49. The molecule has 3 N–H and O–H groups in total. The lowest BCUT2D eigenvalue weighted by molar-refractivity contribution is -0.132. The Morgan fingerprint density at radius 2 is 1.32 bits per heavy atom. The van der Waals surface area contributed by atoms with Gasteiger partial charge in [0, 0.05) is 13.0 Å². The number of hydrogen-bond acceptors (Lipinski definition) is 3. The van der Waals surface area contributed by atoms with E-state index in [0.717, 1.165) is 0 Å².